The maximum atomic E-state index is 13.6. The average molecular weight is 418 g/mol. The molecule has 1 fully saturated rings. The molecule has 6 nitrogen and oxygen atoms in total. The van der Waals surface area contributed by atoms with Gasteiger partial charge in [0, 0.05) is 26.2 Å². The van der Waals surface area contributed by atoms with Crippen LogP contribution in [-0.4, -0.2) is 55.2 Å². The SMILES string of the molecule is Cc1cc(C(=O)N(CCCN2CCOCC2)c2nc3ccc(F)cc3s2)c(C)o1. The standard InChI is InChI=1S/C21H24FN3O3S/c1-14-12-17(15(2)28-14)20(26)25(7-3-6-24-8-10-27-11-9-24)21-23-18-5-4-16(22)13-19(18)29-21/h4-5,12-13H,3,6-11H2,1-2H3. The summed E-state index contributed by atoms with van der Waals surface area (Å²) in [7, 11) is 0. The number of benzene rings is 1. The van der Waals surface area contributed by atoms with E-state index < -0.39 is 0 Å². The molecule has 3 aromatic rings. The van der Waals surface area contributed by atoms with Gasteiger partial charge < -0.3 is 9.15 Å². The van der Waals surface area contributed by atoms with Crippen molar-refractivity contribution in [3.8, 4) is 0 Å². The zero-order valence-corrected chi connectivity index (χ0v) is 17.4. The maximum Gasteiger partial charge on any atom is 0.263 e. The summed E-state index contributed by atoms with van der Waals surface area (Å²) in [4.78, 5) is 22.0. The number of aromatic nitrogens is 1. The Hall–Kier alpha value is -2.29. The molecule has 0 atom stereocenters. The molecule has 0 N–H and O–H groups in total. The van der Waals surface area contributed by atoms with Crippen molar-refractivity contribution < 1.29 is 18.3 Å². The highest BCUT2D eigenvalue weighted by atomic mass is 32.1. The molecule has 0 aliphatic carbocycles. The van der Waals surface area contributed by atoms with E-state index in [4.69, 9.17) is 9.15 Å². The Bertz CT molecular complexity index is 1010. The molecule has 0 radical (unpaired) electrons. The summed E-state index contributed by atoms with van der Waals surface area (Å²) in [6, 6.07) is 6.26. The summed E-state index contributed by atoms with van der Waals surface area (Å²) in [5.41, 5.74) is 1.23. The van der Waals surface area contributed by atoms with E-state index in [-0.39, 0.29) is 11.7 Å². The van der Waals surface area contributed by atoms with Crippen molar-refractivity contribution in [3.63, 3.8) is 0 Å². The third-order valence-corrected chi connectivity index (χ3v) is 6.09. The molecule has 29 heavy (non-hydrogen) atoms. The van der Waals surface area contributed by atoms with Gasteiger partial charge in [-0.3, -0.25) is 14.6 Å². The van der Waals surface area contributed by atoms with E-state index in [1.807, 2.05) is 6.92 Å². The minimum absolute atomic E-state index is 0.138. The Labute approximate surface area is 172 Å². The highest BCUT2D eigenvalue weighted by Crippen LogP contribution is 2.31. The van der Waals surface area contributed by atoms with Gasteiger partial charge in [0.1, 0.15) is 17.3 Å². The monoisotopic (exact) mass is 417 g/mol. The average Bonchev–Trinajstić information content (AvgIpc) is 3.27. The van der Waals surface area contributed by atoms with Crippen LogP contribution in [0.3, 0.4) is 0 Å². The molecule has 2 aromatic heterocycles. The number of thiazole rings is 1. The van der Waals surface area contributed by atoms with Gasteiger partial charge in [0.05, 0.1) is 29.0 Å². The van der Waals surface area contributed by atoms with Crippen LogP contribution in [0.15, 0.2) is 28.7 Å². The predicted molar refractivity (Wildman–Crippen MR) is 111 cm³/mol. The molecule has 1 aromatic carbocycles. The van der Waals surface area contributed by atoms with Gasteiger partial charge in [0.2, 0.25) is 0 Å². The van der Waals surface area contributed by atoms with Crippen LogP contribution < -0.4 is 4.90 Å². The van der Waals surface area contributed by atoms with Gasteiger partial charge >= 0.3 is 0 Å². The van der Waals surface area contributed by atoms with E-state index in [0.29, 0.717) is 34.3 Å². The number of aryl methyl sites for hydroxylation is 2. The summed E-state index contributed by atoms with van der Waals surface area (Å²) < 4.78 is 25.3. The number of furan rings is 1. The minimum Gasteiger partial charge on any atom is -0.466 e. The van der Waals surface area contributed by atoms with Crippen LogP contribution in [0.2, 0.25) is 0 Å². The third kappa shape index (κ3) is 4.49. The van der Waals surface area contributed by atoms with Crippen molar-refractivity contribution in [1.82, 2.24) is 9.88 Å². The molecular weight excluding hydrogens is 393 g/mol. The molecule has 3 heterocycles. The van der Waals surface area contributed by atoms with Crippen molar-refractivity contribution in [2.45, 2.75) is 20.3 Å². The molecule has 1 aliphatic rings. The number of nitrogens with zero attached hydrogens (tertiary/aromatic N) is 3. The molecular formula is C21H24FN3O3S. The zero-order valence-electron chi connectivity index (χ0n) is 16.6. The van der Waals surface area contributed by atoms with Crippen LogP contribution in [-0.2, 0) is 4.74 Å². The molecule has 0 unspecified atom stereocenters. The fourth-order valence-electron chi connectivity index (χ4n) is 3.55. The van der Waals surface area contributed by atoms with Crippen LogP contribution in [0.4, 0.5) is 9.52 Å². The maximum absolute atomic E-state index is 13.6. The van der Waals surface area contributed by atoms with Crippen LogP contribution in [0.1, 0.15) is 28.3 Å². The van der Waals surface area contributed by atoms with Crippen LogP contribution in [0.5, 0.6) is 0 Å². The van der Waals surface area contributed by atoms with Gasteiger partial charge in [0.15, 0.2) is 5.13 Å². The van der Waals surface area contributed by atoms with Gasteiger partial charge in [-0.15, -0.1) is 0 Å². The second-order valence-corrected chi connectivity index (χ2v) is 8.21. The molecule has 0 bridgehead atoms. The third-order valence-electron chi connectivity index (χ3n) is 5.05. The van der Waals surface area contributed by atoms with Crippen molar-refractivity contribution in [1.29, 1.82) is 0 Å². The first kappa shape index (κ1) is 20.0. The number of morpholine rings is 1. The van der Waals surface area contributed by atoms with Crippen molar-refractivity contribution in [2.24, 2.45) is 0 Å². The Morgan fingerprint density at radius 1 is 1.28 bits per heavy atom. The van der Waals surface area contributed by atoms with E-state index in [1.54, 1.807) is 24.0 Å². The fourth-order valence-corrected chi connectivity index (χ4v) is 4.57. The lowest BCUT2D eigenvalue weighted by atomic mass is 10.2. The molecule has 4 rings (SSSR count). The number of fused-ring (bicyclic) bond motifs is 1. The van der Waals surface area contributed by atoms with Gasteiger partial charge in [-0.05, 0) is 44.5 Å². The number of hydrogen-bond acceptors (Lipinski definition) is 6. The van der Waals surface area contributed by atoms with Crippen LogP contribution in [0.25, 0.3) is 10.2 Å². The van der Waals surface area contributed by atoms with Gasteiger partial charge in [0.25, 0.3) is 5.91 Å². The number of carbonyl (C=O) groups excluding carboxylic acids is 1. The zero-order chi connectivity index (χ0) is 20.4. The molecule has 8 heteroatoms. The number of hydrogen-bond donors (Lipinski definition) is 0. The summed E-state index contributed by atoms with van der Waals surface area (Å²) in [6.07, 6.45) is 0.811. The minimum atomic E-state index is -0.306. The number of rotatable bonds is 6. The topological polar surface area (TPSA) is 58.8 Å². The lowest BCUT2D eigenvalue weighted by Crippen LogP contribution is -2.39. The van der Waals surface area contributed by atoms with E-state index in [0.717, 1.165) is 44.0 Å². The summed E-state index contributed by atoms with van der Waals surface area (Å²) in [5, 5.41) is 0.579. The number of carbonyl (C=O) groups is 1. The smallest absolute Gasteiger partial charge is 0.263 e. The quantitative estimate of drug-likeness (QED) is 0.606. The number of ether oxygens (including phenoxy) is 1. The number of amides is 1. The Morgan fingerprint density at radius 3 is 2.79 bits per heavy atom. The summed E-state index contributed by atoms with van der Waals surface area (Å²) in [5.74, 6) is 0.850. The summed E-state index contributed by atoms with van der Waals surface area (Å²) in [6.45, 7) is 8.35. The van der Waals surface area contributed by atoms with Crippen molar-refractivity contribution >= 4 is 32.6 Å². The van der Waals surface area contributed by atoms with E-state index >= 15 is 0 Å². The normalized spacial score (nSPS) is 15.1. The van der Waals surface area contributed by atoms with Gasteiger partial charge in [-0.25, -0.2) is 9.37 Å². The van der Waals surface area contributed by atoms with Crippen molar-refractivity contribution in [2.75, 3.05) is 44.3 Å². The second-order valence-electron chi connectivity index (χ2n) is 7.20. The molecule has 154 valence electrons. The second kappa shape index (κ2) is 8.61. The van der Waals surface area contributed by atoms with Gasteiger partial charge in [-0.1, -0.05) is 11.3 Å². The van der Waals surface area contributed by atoms with Crippen molar-refractivity contribution in [3.05, 3.63) is 47.2 Å². The first-order valence-corrected chi connectivity index (χ1v) is 10.6. The highest BCUT2D eigenvalue weighted by molar-refractivity contribution is 7.22. The predicted octanol–water partition coefficient (Wildman–Crippen LogP) is 4.01. The van der Waals surface area contributed by atoms with E-state index in [2.05, 4.69) is 9.88 Å². The Morgan fingerprint density at radius 2 is 2.07 bits per heavy atom. The molecule has 0 spiro atoms. The largest absolute Gasteiger partial charge is 0.466 e. The lowest BCUT2D eigenvalue weighted by Gasteiger charge is -2.27. The van der Waals surface area contributed by atoms with Crippen LogP contribution in [0, 0.1) is 19.7 Å². The Kier molecular flexibility index (Phi) is 5.94. The number of anilines is 1. The first-order chi connectivity index (χ1) is 14.0. The van der Waals surface area contributed by atoms with E-state index in [9.17, 15) is 9.18 Å². The molecule has 1 saturated heterocycles. The summed E-state index contributed by atoms with van der Waals surface area (Å²) >= 11 is 1.33. The van der Waals surface area contributed by atoms with E-state index in [1.165, 1.54) is 23.5 Å². The van der Waals surface area contributed by atoms with Gasteiger partial charge in [-0.2, -0.15) is 0 Å². The first-order valence-electron chi connectivity index (χ1n) is 9.76. The molecule has 1 aliphatic heterocycles. The molecule has 1 amide bonds. The fraction of sp³-hybridized carbons (Fsp3) is 0.429. The lowest BCUT2D eigenvalue weighted by molar-refractivity contribution is 0.0376. The highest BCUT2D eigenvalue weighted by Gasteiger charge is 2.25. The Balaban J connectivity index is 1.58. The van der Waals surface area contributed by atoms with Crippen LogP contribution >= 0.6 is 11.3 Å². The number of halogens is 1. The molecule has 0 saturated carbocycles.